The van der Waals surface area contributed by atoms with Crippen LogP contribution in [0, 0.1) is 13.8 Å². The van der Waals surface area contributed by atoms with Crippen LogP contribution in [-0.2, 0) is 0 Å². The third kappa shape index (κ3) is 2.87. The number of aryl methyl sites for hydroxylation is 2. The van der Waals surface area contributed by atoms with Gasteiger partial charge in [0.15, 0.2) is 22.4 Å². The summed E-state index contributed by atoms with van der Waals surface area (Å²) in [5.41, 5.74) is 1.91. The molecule has 1 saturated heterocycles. The van der Waals surface area contributed by atoms with Gasteiger partial charge in [-0.1, -0.05) is 0 Å². The number of anilines is 1. The summed E-state index contributed by atoms with van der Waals surface area (Å²) in [7, 11) is 0. The van der Waals surface area contributed by atoms with E-state index in [2.05, 4.69) is 34.0 Å². The van der Waals surface area contributed by atoms with Gasteiger partial charge in [-0.2, -0.15) is 9.61 Å². The highest BCUT2D eigenvalue weighted by molar-refractivity contribution is 7.15. The van der Waals surface area contributed by atoms with Crippen molar-refractivity contribution in [1.82, 2.24) is 34.6 Å². The van der Waals surface area contributed by atoms with Gasteiger partial charge in [0.1, 0.15) is 0 Å². The van der Waals surface area contributed by atoms with E-state index in [0.29, 0.717) is 5.92 Å². The summed E-state index contributed by atoms with van der Waals surface area (Å²) in [6.07, 6.45) is 5.67. The van der Waals surface area contributed by atoms with Crippen molar-refractivity contribution >= 4 is 22.1 Å². The molecule has 0 radical (unpaired) electrons. The zero-order valence-corrected chi connectivity index (χ0v) is 16.1. The first-order valence-electron chi connectivity index (χ1n) is 9.10. The summed E-state index contributed by atoms with van der Waals surface area (Å²) in [5, 5.41) is 18.9. The molecule has 1 aliphatic rings. The van der Waals surface area contributed by atoms with Gasteiger partial charge in [-0.05, 0) is 44.9 Å². The quantitative estimate of drug-likeness (QED) is 0.544. The topological polar surface area (TPSA) is 77.0 Å². The van der Waals surface area contributed by atoms with Crippen molar-refractivity contribution in [1.29, 1.82) is 0 Å². The molecule has 0 saturated carbocycles. The van der Waals surface area contributed by atoms with Gasteiger partial charge in [-0.25, -0.2) is 9.67 Å². The molecule has 0 bridgehead atoms. The Morgan fingerprint density at radius 1 is 1.11 bits per heavy atom. The molecule has 138 valence electrons. The van der Waals surface area contributed by atoms with E-state index >= 15 is 0 Å². The maximum atomic E-state index is 4.71. The van der Waals surface area contributed by atoms with Crippen molar-refractivity contribution in [2.45, 2.75) is 32.6 Å². The molecule has 1 fully saturated rings. The van der Waals surface area contributed by atoms with E-state index in [4.69, 9.17) is 10.1 Å². The first-order chi connectivity index (χ1) is 13.2. The van der Waals surface area contributed by atoms with Crippen molar-refractivity contribution < 1.29 is 0 Å². The first-order valence-corrected chi connectivity index (χ1v) is 9.92. The number of fused-ring (bicyclic) bond motifs is 1. The lowest BCUT2D eigenvalue weighted by Gasteiger charge is -2.30. The van der Waals surface area contributed by atoms with E-state index in [1.54, 1.807) is 22.2 Å². The van der Waals surface area contributed by atoms with Crippen molar-refractivity contribution in [3.05, 3.63) is 47.0 Å². The molecule has 27 heavy (non-hydrogen) atoms. The van der Waals surface area contributed by atoms with Gasteiger partial charge in [-0.15, -0.1) is 26.6 Å². The van der Waals surface area contributed by atoms with Gasteiger partial charge in [0, 0.05) is 36.3 Å². The normalized spacial score (nSPS) is 15.7. The van der Waals surface area contributed by atoms with Crippen LogP contribution in [0.3, 0.4) is 0 Å². The third-order valence-electron chi connectivity index (χ3n) is 5.16. The Bertz CT molecular complexity index is 1050. The summed E-state index contributed by atoms with van der Waals surface area (Å²) in [5.74, 6) is 2.05. The van der Waals surface area contributed by atoms with Crippen LogP contribution in [0.2, 0.25) is 0 Å². The SMILES string of the molecule is Cc1nc(N2CCC(c3nnc4ccc(-n5cccn5)nn34)CC2)sc1C. The highest BCUT2D eigenvalue weighted by Gasteiger charge is 2.26. The molecule has 0 aliphatic carbocycles. The molecule has 0 N–H and O–H groups in total. The molecule has 4 aromatic heterocycles. The Morgan fingerprint density at radius 2 is 1.96 bits per heavy atom. The molecule has 0 unspecified atom stereocenters. The van der Waals surface area contributed by atoms with Gasteiger partial charge >= 0.3 is 0 Å². The zero-order valence-electron chi connectivity index (χ0n) is 15.3. The Kier molecular flexibility index (Phi) is 3.89. The number of aromatic nitrogens is 7. The van der Waals surface area contributed by atoms with Crippen molar-refractivity contribution in [2.24, 2.45) is 0 Å². The summed E-state index contributed by atoms with van der Waals surface area (Å²) in [6, 6.07) is 5.74. The molecule has 0 aromatic carbocycles. The fourth-order valence-corrected chi connectivity index (χ4v) is 4.46. The van der Waals surface area contributed by atoms with Gasteiger partial charge in [0.05, 0.1) is 5.69 Å². The van der Waals surface area contributed by atoms with Gasteiger partial charge < -0.3 is 4.90 Å². The highest BCUT2D eigenvalue weighted by Crippen LogP contribution is 2.32. The van der Waals surface area contributed by atoms with E-state index in [9.17, 15) is 0 Å². The average molecular weight is 380 g/mol. The second-order valence-electron chi connectivity index (χ2n) is 6.87. The largest absolute Gasteiger partial charge is 0.348 e. The van der Waals surface area contributed by atoms with Crippen molar-refractivity contribution in [3.63, 3.8) is 0 Å². The Balaban J connectivity index is 1.39. The number of hydrogen-bond donors (Lipinski definition) is 0. The van der Waals surface area contributed by atoms with Crippen LogP contribution in [-0.4, -0.2) is 47.7 Å². The maximum absolute atomic E-state index is 4.71. The summed E-state index contributed by atoms with van der Waals surface area (Å²) in [4.78, 5) is 8.38. The number of hydrogen-bond acceptors (Lipinski definition) is 7. The third-order valence-corrected chi connectivity index (χ3v) is 6.29. The molecule has 1 aliphatic heterocycles. The molecule has 9 heteroatoms. The minimum atomic E-state index is 0.346. The minimum Gasteiger partial charge on any atom is -0.348 e. The summed E-state index contributed by atoms with van der Waals surface area (Å²) >= 11 is 1.78. The van der Waals surface area contributed by atoms with Crippen LogP contribution in [0.15, 0.2) is 30.6 Å². The molecule has 4 aromatic rings. The second kappa shape index (κ2) is 6.41. The number of piperidine rings is 1. The predicted octanol–water partition coefficient (Wildman–Crippen LogP) is 2.77. The smallest absolute Gasteiger partial charge is 0.185 e. The van der Waals surface area contributed by atoms with Gasteiger partial charge in [-0.3, -0.25) is 0 Å². The van der Waals surface area contributed by atoms with Crippen molar-refractivity contribution in [3.8, 4) is 5.82 Å². The lowest BCUT2D eigenvalue weighted by atomic mass is 9.96. The van der Waals surface area contributed by atoms with Crippen LogP contribution in [0.1, 0.15) is 35.2 Å². The van der Waals surface area contributed by atoms with Gasteiger partial charge in [0.25, 0.3) is 0 Å². The standard InChI is InChI=1S/C18H20N8S/c1-12-13(2)27-18(20-12)24-10-6-14(7-11-24)17-22-21-15-4-5-16(23-26(15)17)25-9-3-8-19-25/h3-5,8-9,14H,6-7,10-11H2,1-2H3. The predicted molar refractivity (Wildman–Crippen MR) is 104 cm³/mol. The lowest BCUT2D eigenvalue weighted by Crippen LogP contribution is -2.33. The average Bonchev–Trinajstić information content (AvgIpc) is 3.42. The Morgan fingerprint density at radius 3 is 2.67 bits per heavy atom. The molecule has 0 spiro atoms. The van der Waals surface area contributed by atoms with E-state index in [1.807, 2.05) is 28.9 Å². The molecular weight excluding hydrogens is 360 g/mol. The Hall–Kier alpha value is -2.81. The van der Waals surface area contributed by atoms with Crippen LogP contribution in [0.5, 0.6) is 0 Å². The van der Waals surface area contributed by atoms with Crippen molar-refractivity contribution in [2.75, 3.05) is 18.0 Å². The van der Waals surface area contributed by atoms with Crippen LogP contribution < -0.4 is 4.90 Å². The summed E-state index contributed by atoms with van der Waals surface area (Å²) < 4.78 is 3.62. The fourth-order valence-electron chi connectivity index (χ4n) is 3.50. The van der Waals surface area contributed by atoms with Crippen LogP contribution >= 0.6 is 11.3 Å². The molecule has 0 amide bonds. The lowest BCUT2D eigenvalue weighted by molar-refractivity contribution is 0.476. The number of thiazole rings is 1. The number of nitrogens with zero attached hydrogens (tertiary/aromatic N) is 8. The van der Waals surface area contributed by atoms with Crippen LogP contribution in [0.25, 0.3) is 11.5 Å². The monoisotopic (exact) mass is 380 g/mol. The zero-order chi connectivity index (χ0) is 18.4. The minimum absolute atomic E-state index is 0.346. The Labute approximate surface area is 160 Å². The highest BCUT2D eigenvalue weighted by atomic mass is 32.1. The fraction of sp³-hybridized carbons (Fsp3) is 0.389. The molecule has 5 heterocycles. The van der Waals surface area contributed by atoms with Crippen LogP contribution in [0.4, 0.5) is 5.13 Å². The van der Waals surface area contributed by atoms with E-state index in [-0.39, 0.29) is 0 Å². The first kappa shape index (κ1) is 16.4. The molecular formula is C18H20N8S. The van der Waals surface area contributed by atoms with E-state index < -0.39 is 0 Å². The molecule has 8 nitrogen and oxygen atoms in total. The van der Waals surface area contributed by atoms with Gasteiger partial charge in [0.2, 0.25) is 0 Å². The second-order valence-corrected chi connectivity index (χ2v) is 8.05. The molecule has 0 atom stereocenters. The van der Waals surface area contributed by atoms with E-state index in [1.165, 1.54) is 4.88 Å². The summed E-state index contributed by atoms with van der Waals surface area (Å²) in [6.45, 7) is 6.16. The maximum Gasteiger partial charge on any atom is 0.185 e. The molecule has 5 rings (SSSR count). The van der Waals surface area contributed by atoms with E-state index in [0.717, 1.165) is 54.0 Å². The number of rotatable bonds is 3.